The number of phenols is 1. The van der Waals surface area contributed by atoms with Crippen molar-refractivity contribution in [2.45, 2.75) is 170 Å². The summed E-state index contributed by atoms with van der Waals surface area (Å²) in [6, 6.07) is -2.71. The molecule has 17 nitrogen and oxygen atoms in total. The van der Waals surface area contributed by atoms with E-state index >= 15 is 0 Å². The number of carbonyl (C=O) groups excluding carboxylic acids is 8. The van der Waals surface area contributed by atoms with Crippen LogP contribution in [0.3, 0.4) is 0 Å². The number of carbonyl (C=O) groups is 8. The number of cyclic esters (lactones) is 1. The number of hydrogen-bond donors (Lipinski definition) is 8. The molecule has 0 unspecified atom stereocenters. The van der Waals surface area contributed by atoms with Gasteiger partial charge in [-0.25, -0.2) is 4.79 Å². The lowest BCUT2D eigenvalue weighted by Crippen LogP contribution is -2.61. The van der Waals surface area contributed by atoms with Gasteiger partial charge in [0.2, 0.25) is 41.4 Å². The fourth-order valence-electron chi connectivity index (χ4n) is 6.71. The van der Waals surface area contributed by atoms with Gasteiger partial charge < -0.3 is 47.1 Å². The lowest BCUT2D eigenvalue weighted by atomic mass is 9.98. The first-order valence-corrected chi connectivity index (χ1v) is 21.6. The standard InChI is InChI=1S/C44H71N7O10/c1-23(2)13-12-14-36(53)51-37-29(11)61-44(60)28(10)46-39(55)32(19-24(3)4)48-40(56)33(20-25(5)6)49-41(57)34(21-26(7)8)50-42(58)35(22-30-15-17-31(52)18-16-30)47-38(54)27(9)45-43(37)59/h15-18,23-29,32-35,37,52H,12-14,19-22H2,1-11H3,(H,45,59)(H,46,55)(H,47,54)(H,48,56)(H,49,57)(H,50,58)(H,51,53)/t27-,28-,29+,32-,33+,34+,35-,37-/m0/s1. The average molecular weight is 858 g/mol. The van der Waals surface area contributed by atoms with Gasteiger partial charge in [0, 0.05) is 12.8 Å². The summed E-state index contributed by atoms with van der Waals surface area (Å²) in [6.45, 7) is 19.3. The molecule has 0 radical (unpaired) electrons. The first-order chi connectivity index (χ1) is 28.5. The van der Waals surface area contributed by atoms with Gasteiger partial charge >= 0.3 is 5.97 Å². The number of esters is 1. The Morgan fingerprint density at radius 3 is 1.48 bits per heavy atom. The highest BCUT2D eigenvalue weighted by Gasteiger charge is 2.36. The quantitative estimate of drug-likeness (QED) is 0.135. The zero-order chi connectivity index (χ0) is 46.1. The van der Waals surface area contributed by atoms with Crippen molar-refractivity contribution in [2.75, 3.05) is 0 Å². The second-order valence-electron chi connectivity index (χ2n) is 17.9. The number of phenolic OH excluding ortho intramolecular Hbond substituents is 1. The van der Waals surface area contributed by atoms with E-state index in [4.69, 9.17) is 4.74 Å². The maximum atomic E-state index is 14.1. The summed E-state index contributed by atoms with van der Waals surface area (Å²) >= 11 is 0. The van der Waals surface area contributed by atoms with Crippen molar-refractivity contribution >= 4 is 47.3 Å². The Morgan fingerprint density at radius 2 is 1.02 bits per heavy atom. The molecule has 8 atom stereocenters. The van der Waals surface area contributed by atoms with Crippen LogP contribution in [-0.4, -0.2) is 101 Å². The van der Waals surface area contributed by atoms with E-state index in [1.54, 1.807) is 12.1 Å². The van der Waals surface area contributed by atoms with Crippen LogP contribution >= 0.6 is 0 Å². The molecule has 1 fully saturated rings. The first kappa shape index (κ1) is 51.9. The van der Waals surface area contributed by atoms with Gasteiger partial charge in [-0.3, -0.25) is 33.6 Å². The van der Waals surface area contributed by atoms with Crippen molar-refractivity contribution in [3.05, 3.63) is 29.8 Å². The van der Waals surface area contributed by atoms with Gasteiger partial charge in [-0.1, -0.05) is 73.9 Å². The maximum Gasteiger partial charge on any atom is 0.328 e. The summed E-state index contributed by atoms with van der Waals surface area (Å²) in [4.78, 5) is 110. The van der Waals surface area contributed by atoms with Crippen LogP contribution in [-0.2, 0) is 49.5 Å². The van der Waals surface area contributed by atoms with Crippen LogP contribution < -0.4 is 37.2 Å². The second kappa shape index (κ2) is 24.9. The summed E-state index contributed by atoms with van der Waals surface area (Å²) in [5, 5.41) is 28.6. The highest BCUT2D eigenvalue weighted by molar-refractivity contribution is 5.97. The highest BCUT2D eigenvalue weighted by atomic mass is 16.5. The third kappa shape index (κ3) is 18.5. The van der Waals surface area contributed by atoms with E-state index in [1.165, 1.54) is 32.9 Å². The Labute approximate surface area is 360 Å². The smallest absolute Gasteiger partial charge is 0.328 e. The number of aromatic hydroxyl groups is 1. The van der Waals surface area contributed by atoms with E-state index in [0.29, 0.717) is 17.9 Å². The maximum absolute atomic E-state index is 14.1. The summed E-state index contributed by atoms with van der Waals surface area (Å²) < 4.78 is 5.63. The van der Waals surface area contributed by atoms with E-state index in [1.807, 2.05) is 55.4 Å². The molecule has 0 aliphatic carbocycles. The minimum absolute atomic E-state index is 0.0168. The molecule has 1 aliphatic rings. The summed E-state index contributed by atoms with van der Waals surface area (Å²) in [7, 11) is 0. The Balaban J connectivity index is 2.67. The van der Waals surface area contributed by atoms with Crippen LogP contribution in [0.25, 0.3) is 0 Å². The molecule has 1 saturated heterocycles. The van der Waals surface area contributed by atoms with Crippen LogP contribution in [0, 0.1) is 23.7 Å². The SMILES string of the molecule is CC(C)CCCC(=O)N[C@@H]1C(=O)N[C@@H](C)C(=O)N[C@@H](Cc2ccc(O)cc2)C(=O)N[C@H](CC(C)C)C(=O)N[C@H](CC(C)C)C(=O)N[C@@H](CC(C)C)C(=O)N[C@@H](C)C(=O)O[C@@H]1C. The number of nitrogens with one attached hydrogen (secondary N) is 7. The fraction of sp³-hybridized carbons (Fsp3) is 0.682. The van der Waals surface area contributed by atoms with Crippen molar-refractivity contribution in [2.24, 2.45) is 23.7 Å². The van der Waals surface area contributed by atoms with Crippen molar-refractivity contribution < 1.29 is 48.2 Å². The van der Waals surface area contributed by atoms with E-state index in [2.05, 4.69) is 37.2 Å². The predicted molar refractivity (Wildman–Crippen MR) is 229 cm³/mol. The number of hydrogen-bond acceptors (Lipinski definition) is 10. The monoisotopic (exact) mass is 858 g/mol. The Kier molecular flexibility index (Phi) is 21.2. The third-order valence-corrected chi connectivity index (χ3v) is 10.0. The topological polar surface area (TPSA) is 250 Å². The predicted octanol–water partition coefficient (Wildman–Crippen LogP) is 2.28. The molecule has 61 heavy (non-hydrogen) atoms. The van der Waals surface area contributed by atoms with Crippen LogP contribution in [0.15, 0.2) is 24.3 Å². The summed E-state index contributed by atoms with van der Waals surface area (Å²) in [5.74, 6) is -5.74. The molecule has 1 aliphatic heterocycles. The highest BCUT2D eigenvalue weighted by Crippen LogP contribution is 2.15. The van der Waals surface area contributed by atoms with Gasteiger partial charge in [0.15, 0.2) is 0 Å². The minimum Gasteiger partial charge on any atom is -0.508 e. The van der Waals surface area contributed by atoms with Crippen LogP contribution in [0.2, 0.25) is 0 Å². The van der Waals surface area contributed by atoms with Crippen molar-refractivity contribution in [3.63, 3.8) is 0 Å². The van der Waals surface area contributed by atoms with Gasteiger partial charge in [-0.15, -0.1) is 0 Å². The molecule has 7 amide bonds. The summed E-state index contributed by atoms with van der Waals surface area (Å²) in [6.07, 6.45) is 0.534. The number of rotatable bonds is 13. The Hall–Kier alpha value is -5.22. The summed E-state index contributed by atoms with van der Waals surface area (Å²) in [5.41, 5.74) is 0.556. The number of ether oxygens (including phenoxy) is 1. The zero-order valence-corrected chi connectivity index (χ0v) is 37.8. The van der Waals surface area contributed by atoms with Crippen molar-refractivity contribution in [1.82, 2.24) is 37.2 Å². The molecule has 0 saturated carbocycles. The molecular weight excluding hydrogens is 787 g/mol. The lowest BCUT2D eigenvalue weighted by molar-refractivity contribution is -0.155. The molecule has 1 aromatic rings. The molecule has 1 heterocycles. The van der Waals surface area contributed by atoms with Crippen molar-refractivity contribution in [1.29, 1.82) is 0 Å². The molecule has 8 N–H and O–H groups in total. The molecule has 342 valence electrons. The van der Waals surface area contributed by atoms with Crippen LogP contribution in [0.1, 0.15) is 120 Å². The Morgan fingerprint density at radius 1 is 0.590 bits per heavy atom. The molecule has 1 aromatic carbocycles. The fourth-order valence-corrected chi connectivity index (χ4v) is 6.71. The Bertz CT molecular complexity index is 1670. The van der Waals surface area contributed by atoms with E-state index in [9.17, 15) is 43.5 Å². The third-order valence-electron chi connectivity index (χ3n) is 10.0. The lowest BCUT2D eigenvalue weighted by Gasteiger charge is -2.30. The molecule has 0 spiro atoms. The molecule has 0 aromatic heterocycles. The van der Waals surface area contributed by atoms with Crippen molar-refractivity contribution in [3.8, 4) is 5.75 Å². The normalized spacial score (nSPS) is 25.7. The molecule has 2 rings (SSSR count). The minimum atomic E-state index is -1.47. The van der Waals surface area contributed by atoms with Crippen LogP contribution in [0.4, 0.5) is 0 Å². The average Bonchev–Trinajstić information content (AvgIpc) is 3.15. The van der Waals surface area contributed by atoms with E-state index in [-0.39, 0.29) is 55.6 Å². The van der Waals surface area contributed by atoms with E-state index in [0.717, 1.165) is 6.42 Å². The zero-order valence-electron chi connectivity index (χ0n) is 37.8. The number of amides is 7. The molecular formula is C44H71N7O10. The van der Waals surface area contributed by atoms with Gasteiger partial charge in [0.1, 0.15) is 54.1 Å². The van der Waals surface area contributed by atoms with Gasteiger partial charge in [0.25, 0.3) is 0 Å². The largest absolute Gasteiger partial charge is 0.508 e. The van der Waals surface area contributed by atoms with Crippen LogP contribution in [0.5, 0.6) is 5.75 Å². The molecule has 0 bridgehead atoms. The second-order valence-corrected chi connectivity index (χ2v) is 17.9. The van der Waals surface area contributed by atoms with Gasteiger partial charge in [0.05, 0.1) is 0 Å². The van der Waals surface area contributed by atoms with Gasteiger partial charge in [-0.2, -0.15) is 0 Å². The van der Waals surface area contributed by atoms with Gasteiger partial charge in [-0.05, 0) is 87.8 Å². The number of benzene rings is 1. The van der Waals surface area contributed by atoms with E-state index < -0.39 is 95.7 Å². The first-order valence-electron chi connectivity index (χ1n) is 21.6. The molecule has 17 heteroatoms.